The Morgan fingerprint density at radius 2 is 2.10 bits per heavy atom. The van der Waals surface area contributed by atoms with Crippen LogP contribution in [0.1, 0.15) is 46.0 Å². The zero-order valence-corrected chi connectivity index (χ0v) is 14.4. The van der Waals surface area contributed by atoms with Crippen LogP contribution < -0.4 is 11.1 Å². The van der Waals surface area contributed by atoms with Gasteiger partial charge in [-0.2, -0.15) is 0 Å². The first-order valence-corrected chi connectivity index (χ1v) is 8.54. The minimum atomic E-state index is -0.592. The average Bonchev–Trinajstić information content (AvgIpc) is 2.41. The van der Waals surface area contributed by atoms with Crippen molar-refractivity contribution in [2.24, 2.45) is 17.6 Å². The highest BCUT2D eigenvalue weighted by molar-refractivity contribution is 9.10. The predicted octanol–water partition coefficient (Wildman–Crippen LogP) is 4.32. The maximum Gasteiger partial charge on any atom is 0.243 e. The topological polar surface area (TPSA) is 55.1 Å². The molecule has 3 nitrogen and oxygen atoms in total. The quantitative estimate of drug-likeness (QED) is 0.828. The zero-order valence-electron chi connectivity index (χ0n) is 12.9. The molecule has 0 bridgehead atoms. The molecule has 1 aliphatic rings. The second kappa shape index (κ2) is 6.82. The van der Waals surface area contributed by atoms with E-state index in [9.17, 15) is 4.79 Å². The molecule has 1 saturated carbocycles. The lowest BCUT2D eigenvalue weighted by Crippen LogP contribution is -2.53. The number of anilines is 1. The second-order valence-electron chi connectivity index (χ2n) is 6.67. The molecule has 0 aromatic heterocycles. The number of amides is 1. The van der Waals surface area contributed by atoms with Crippen molar-refractivity contribution in [1.29, 1.82) is 0 Å². The molecule has 3 N–H and O–H groups in total. The fraction of sp³-hybridized carbons (Fsp3) is 0.588. The largest absolute Gasteiger partial charge is 0.371 e. The molecule has 1 aliphatic carbocycles. The van der Waals surface area contributed by atoms with Crippen LogP contribution in [0.15, 0.2) is 28.7 Å². The van der Waals surface area contributed by atoms with E-state index in [1.807, 2.05) is 24.3 Å². The van der Waals surface area contributed by atoms with Gasteiger partial charge in [-0.15, -0.1) is 0 Å². The molecule has 2 unspecified atom stereocenters. The predicted molar refractivity (Wildman–Crippen MR) is 91.1 cm³/mol. The Bertz CT molecular complexity index is 486. The minimum absolute atomic E-state index is 0.223. The van der Waals surface area contributed by atoms with Crippen LogP contribution in [-0.2, 0) is 4.79 Å². The molecule has 21 heavy (non-hydrogen) atoms. The Balaban J connectivity index is 2.16. The van der Waals surface area contributed by atoms with Gasteiger partial charge in [0.1, 0.15) is 5.54 Å². The van der Waals surface area contributed by atoms with Crippen LogP contribution in [-0.4, -0.2) is 11.4 Å². The summed E-state index contributed by atoms with van der Waals surface area (Å²) in [4.78, 5) is 12.1. The molecule has 0 heterocycles. The number of nitrogens with one attached hydrogen (secondary N) is 1. The highest BCUT2D eigenvalue weighted by atomic mass is 79.9. The molecule has 116 valence electrons. The van der Waals surface area contributed by atoms with Crippen molar-refractivity contribution in [3.63, 3.8) is 0 Å². The Labute approximate surface area is 135 Å². The number of rotatable bonds is 5. The molecule has 2 rings (SSSR count). The van der Waals surface area contributed by atoms with Crippen LogP contribution in [0.4, 0.5) is 5.69 Å². The molecular formula is C17H25BrN2O. The third-order valence-electron chi connectivity index (χ3n) is 4.36. The Morgan fingerprint density at radius 3 is 2.67 bits per heavy atom. The minimum Gasteiger partial charge on any atom is -0.371 e. The maximum absolute atomic E-state index is 12.1. The highest BCUT2D eigenvalue weighted by Gasteiger charge is 2.41. The number of benzene rings is 1. The number of halogens is 1. The average molecular weight is 353 g/mol. The van der Waals surface area contributed by atoms with Gasteiger partial charge in [0, 0.05) is 10.2 Å². The summed E-state index contributed by atoms with van der Waals surface area (Å²) in [5.74, 6) is 1.01. The molecule has 0 saturated heterocycles. The van der Waals surface area contributed by atoms with E-state index in [0.29, 0.717) is 11.8 Å². The van der Waals surface area contributed by atoms with E-state index in [0.717, 1.165) is 35.8 Å². The lowest BCUT2D eigenvalue weighted by atomic mass is 9.72. The smallest absolute Gasteiger partial charge is 0.243 e. The van der Waals surface area contributed by atoms with E-state index in [1.165, 1.54) is 6.42 Å². The van der Waals surface area contributed by atoms with E-state index in [-0.39, 0.29) is 5.91 Å². The summed E-state index contributed by atoms with van der Waals surface area (Å²) in [5.41, 5.74) is 6.13. The fourth-order valence-corrected chi connectivity index (χ4v) is 3.73. The van der Waals surface area contributed by atoms with Crippen LogP contribution in [0, 0.1) is 11.8 Å². The summed E-state index contributed by atoms with van der Waals surface area (Å²) in [6.07, 6.45) is 5.10. The normalized spacial score (nSPS) is 25.8. The fourth-order valence-electron chi connectivity index (χ4n) is 3.47. The summed E-state index contributed by atoms with van der Waals surface area (Å²) in [7, 11) is 0. The molecule has 1 aromatic rings. The number of carbonyl (C=O) groups excluding carboxylic acids is 1. The van der Waals surface area contributed by atoms with E-state index < -0.39 is 5.54 Å². The number of carbonyl (C=O) groups is 1. The van der Waals surface area contributed by atoms with Gasteiger partial charge in [0.25, 0.3) is 0 Å². The molecule has 4 heteroatoms. The summed E-state index contributed by atoms with van der Waals surface area (Å²) in [6, 6.07) is 7.93. The molecule has 0 radical (unpaired) electrons. The molecular weight excluding hydrogens is 328 g/mol. The van der Waals surface area contributed by atoms with Crippen LogP contribution >= 0.6 is 15.9 Å². The van der Waals surface area contributed by atoms with Gasteiger partial charge in [-0.1, -0.05) is 42.6 Å². The first-order chi connectivity index (χ1) is 9.91. The first kappa shape index (κ1) is 16.3. The highest BCUT2D eigenvalue weighted by Crippen LogP contribution is 2.38. The van der Waals surface area contributed by atoms with Gasteiger partial charge in [-0.05, 0) is 55.4 Å². The van der Waals surface area contributed by atoms with Crippen molar-refractivity contribution in [3.8, 4) is 0 Å². The van der Waals surface area contributed by atoms with Crippen molar-refractivity contribution in [2.45, 2.75) is 51.5 Å². The van der Waals surface area contributed by atoms with E-state index in [4.69, 9.17) is 5.73 Å². The van der Waals surface area contributed by atoms with Crippen molar-refractivity contribution in [1.82, 2.24) is 0 Å². The van der Waals surface area contributed by atoms with Crippen molar-refractivity contribution < 1.29 is 4.79 Å². The second-order valence-corrected chi connectivity index (χ2v) is 7.59. The van der Waals surface area contributed by atoms with Crippen LogP contribution in [0.3, 0.4) is 0 Å². The van der Waals surface area contributed by atoms with Crippen molar-refractivity contribution in [2.75, 3.05) is 5.32 Å². The maximum atomic E-state index is 12.1. The Morgan fingerprint density at radius 1 is 1.43 bits per heavy atom. The summed E-state index contributed by atoms with van der Waals surface area (Å²) >= 11 is 3.43. The van der Waals surface area contributed by atoms with Crippen molar-refractivity contribution in [3.05, 3.63) is 28.7 Å². The van der Waals surface area contributed by atoms with Gasteiger partial charge < -0.3 is 11.1 Å². The van der Waals surface area contributed by atoms with Crippen LogP contribution in [0.25, 0.3) is 0 Å². The lowest BCUT2D eigenvalue weighted by Gasteiger charge is -2.40. The summed E-state index contributed by atoms with van der Waals surface area (Å²) in [5, 5.41) is 3.43. The molecule has 1 aromatic carbocycles. The van der Waals surface area contributed by atoms with Crippen molar-refractivity contribution >= 4 is 27.5 Å². The Kier molecular flexibility index (Phi) is 5.31. The summed E-state index contributed by atoms with van der Waals surface area (Å²) in [6.45, 7) is 4.48. The van der Waals surface area contributed by atoms with Gasteiger partial charge in [-0.3, -0.25) is 4.79 Å². The number of primary amides is 1. The van der Waals surface area contributed by atoms with Gasteiger partial charge in [0.2, 0.25) is 5.91 Å². The molecule has 1 fully saturated rings. The third kappa shape index (κ3) is 4.22. The monoisotopic (exact) mass is 352 g/mol. The number of hydrogen-bond donors (Lipinski definition) is 2. The van der Waals surface area contributed by atoms with Crippen LogP contribution in [0.5, 0.6) is 0 Å². The van der Waals surface area contributed by atoms with E-state index in [2.05, 4.69) is 35.1 Å². The van der Waals surface area contributed by atoms with Gasteiger partial charge in [0.05, 0.1) is 0 Å². The van der Waals surface area contributed by atoms with Crippen LogP contribution in [0.2, 0.25) is 0 Å². The van der Waals surface area contributed by atoms with Gasteiger partial charge in [-0.25, -0.2) is 0 Å². The standard InChI is InChI=1S/C17H25BrN2O/c1-12(2)10-13-4-3-9-17(11-13,16(19)21)20-15-7-5-14(18)6-8-15/h5-8,12-13,20H,3-4,9-11H2,1-2H3,(H2,19,21). The van der Waals surface area contributed by atoms with Gasteiger partial charge >= 0.3 is 0 Å². The zero-order chi connectivity index (χ0) is 15.5. The molecule has 2 atom stereocenters. The number of nitrogens with two attached hydrogens (primary N) is 1. The van der Waals surface area contributed by atoms with E-state index in [1.54, 1.807) is 0 Å². The van der Waals surface area contributed by atoms with E-state index >= 15 is 0 Å². The van der Waals surface area contributed by atoms with Gasteiger partial charge in [0.15, 0.2) is 0 Å². The SMILES string of the molecule is CC(C)CC1CCCC(Nc2ccc(Br)cc2)(C(N)=O)C1. The summed E-state index contributed by atoms with van der Waals surface area (Å²) < 4.78 is 1.03. The number of hydrogen-bond acceptors (Lipinski definition) is 2. The first-order valence-electron chi connectivity index (χ1n) is 7.75. The third-order valence-corrected chi connectivity index (χ3v) is 4.89. The Hall–Kier alpha value is -1.03. The molecule has 1 amide bonds. The molecule has 0 spiro atoms. The lowest BCUT2D eigenvalue weighted by molar-refractivity contribution is -0.123. The molecule has 0 aliphatic heterocycles.